The number of urea groups is 1. The molecule has 0 aliphatic heterocycles. The summed E-state index contributed by atoms with van der Waals surface area (Å²) in [6.45, 7) is 0. The van der Waals surface area contributed by atoms with Gasteiger partial charge >= 0.3 is 18.4 Å². The van der Waals surface area contributed by atoms with Crippen LogP contribution in [0.15, 0.2) is 127 Å². The molecule has 0 spiro atoms. The average Bonchev–Trinajstić information content (AvgIpc) is 3.30. The van der Waals surface area contributed by atoms with Crippen molar-refractivity contribution < 1.29 is 55.0 Å². The summed E-state index contributed by atoms with van der Waals surface area (Å²) >= 11 is 10.9. The maximum atomic E-state index is 12.9. The molecule has 8 N–H and O–H groups in total. The monoisotopic (exact) mass is 972 g/mol. The highest BCUT2D eigenvalue weighted by molar-refractivity contribution is 6.32. The summed E-state index contributed by atoms with van der Waals surface area (Å²) in [5, 5.41) is 6.38. The molecule has 67 heavy (non-hydrogen) atoms. The van der Waals surface area contributed by atoms with Crippen LogP contribution in [0.2, 0.25) is 10.0 Å². The number of aldehydes is 1. The molecule has 0 bridgehead atoms. The molecule has 16 nitrogen and oxygen atoms in total. The number of carbonyl (C=O) groups is 4. The number of nitrogens with two attached hydrogens (primary N) is 1. The number of nitrogens with zero attached hydrogens (tertiary/aromatic N) is 3. The molecular formula is C43H36Cl2F6N10O6. The first-order valence-electron chi connectivity index (χ1n) is 18.8. The third kappa shape index (κ3) is 16.5. The number of carbonyl (C=O) groups excluding carboxylic acids is 4. The molecule has 0 unspecified atom stereocenters. The predicted octanol–water partition coefficient (Wildman–Crippen LogP) is 9.83. The van der Waals surface area contributed by atoms with Gasteiger partial charge in [-0.2, -0.15) is 26.3 Å². The number of anilines is 3. The Balaban J connectivity index is 0.000000243. The number of hydrogen-bond acceptors (Lipinski definition) is 12. The van der Waals surface area contributed by atoms with Crippen LogP contribution in [-0.4, -0.2) is 54.4 Å². The molecule has 0 atom stereocenters. The van der Waals surface area contributed by atoms with E-state index in [9.17, 15) is 45.5 Å². The minimum atomic E-state index is -4.65. The minimum absolute atomic E-state index is 0.0267. The van der Waals surface area contributed by atoms with Gasteiger partial charge in [-0.1, -0.05) is 35.3 Å². The molecule has 4 aromatic carbocycles. The predicted molar refractivity (Wildman–Crippen MR) is 239 cm³/mol. The van der Waals surface area contributed by atoms with Gasteiger partial charge in [-0.05, 0) is 72.8 Å². The van der Waals surface area contributed by atoms with Crippen LogP contribution in [0.1, 0.15) is 32.1 Å². The number of hydrazine groups is 2. The van der Waals surface area contributed by atoms with Gasteiger partial charge in [0.1, 0.15) is 34.4 Å². The van der Waals surface area contributed by atoms with Gasteiger partial charge in [-0.15, -0.1) is 0 Å². The quantitative estimate of drug-likeness (QED) is 0.0201. The van der Waals surface area contributed by atoms with Gasteiger partial charge in [0.25, 0.3) is 11.8 Å². The molecule has 24 heteroatoms. The van der Waals surface area contributed by atoms with Crippen molar-refractivity contribution in [1.29, 1.82) is 0 Å². The van der Waals surface area contributed by atoms with E-state index >= 15 is 0 Å². The van der Waals surface area contributed by atoms with Crippen molar-refractivity contribution in [1.82, 2.24) is 26.0 Å². The van der Waals surface area contributed by atoms with E-state index in [1.54, 1.807) is 61.6 Å². The van der Waals surface area contributed by atoms with E-state index in [0.717, 1.165) is 36.2 Å². The lowest BCUT2D eigenvalue weighted by Crippen LogP contribution is -2.33. The lowest BCUT2D eigenvalue weighted by molar-refractivity contribution is -0.138. The molecule has 6 rings (SSSR count). The summed E-state index contributed by atoms with van der Waals surface area (Å²) in [7, 11) is 3.03. The van der Waals surface area contributed by atoms with Crippen LogP contribution in [0.4, 0.5) is 53.9 Å². The standard InChI is InChI=1S/C21H17ClF3N5O3.C13H14N4O2.C9H5ClF3NO/c1-26-19(31)18-11-15(7-8-27-18)33-14-4-2-3-13(9-14)29-30-20(32)28-12-5-6-17(22)16(10-12)21(23,24)25;1-15-13(18)12-8-11(5-6-16-12)19-10-4-2-3-9(7-10)17-14;10-8-2-1-6(14-3-4-15)5-7(8)9(11,12)13/h2-11,29H,1H3,(H,26,31)(H2,28,30,32);2-8,17H,14H2,1H3,(H,15,18);1-5H. The molecule has 0 fully saturated rings. The van der Waals surface area contributed by atoms with Crippen molar-refractivity contribution in [3.63, 3.8) is 0 Å². The van der Waals surface area contributed by atoms with Crippen LogP contribution in [-0.2, 0) is 17.1 Å². The van der Waals surface area contributed by atoms with E-state index in [0.29, 0.717) is 40.7 Å². The highest BCUT2D eigenvalue weighted by Crippen LogP contribution is 2.37. The zero-order valence-electron chi connectivity index (χ0n) is 34.6. The molecule has 0 aliphatic rings. The summed E-state index contributed by atoms with van der Waals surface area (Å²) in [6.07, 6.45) is -4.99. The van der Waals surface area contributed by atoms with Crippen LogP contribution in [0.25, 0.3) is 0 Å². The van der Waals surface area contributed by atoms with Crippen LogP contribution in [0, 0.1) is 0 Å². The van der Waals surface area contributed by atoms with Gasteiger partial charge in [-0.25, -0.2) is 4.79 Å². The fourth-order valence-electron chi connectivity index (χ4n) is 5.05. The van der Waals surface area contributed by atoms with Crippen LogP contribution in [0.3, 0.4) is 0 Å². The van der Waals surface area contributed by atoms with Crippen molar-refractivity contribution >= 4 is 76.3 Å². The summed E-state index contributed by atoms with van der Waals surface area (Å²) in [5.74, 6) is 6.61. The highest BCUT2D eigenvalue weighted by Gasteiger charge is 2.34. The van der Waals surface area contributed by atoms with E-state index < -0.39 is 39.6 Å². The van der Waals surface area contributed by atoms with E-state index in [1.165, 1.54) is 37.6 Å². The van der Waals surface area contributed by atoms with Crippen molar-refractivity contribution in [2.75, 3.05) is 30.3 Å². The fraction of sp³-hybridized carbons (Fsp3) is 0.0930. The van der Waals surface area contributed by atoms with E-state index in [4.69, 9.17) is 38.5 Å². The molecule has 0 radical (unpaired) electrons. The molecule has 350 valence electrons. The van der Waals surface area contributed by atoms with Gasteiger partial charge < -0.3 is 30.8 Å². The van der Waals surface area contributed by atoms with E-state index in [2.05, 4.69) is 47.2 Å². The first-order valence-corrected chi connectivity index (χ1v) is 19.5. The van der Waals surface area contributed by atoms with Crippen LogP contribution in [0.5, 0.6) is 23.0 Å². The second-order valence-corrected chi connectivity index (χ2v) is 13.6. The van der Waals surface area contributed by atoms with Crippen molar-refractivity contribution in [2.24, 2.45) is 10.8 Å². The third-order valence-corrected chi connectivity index (χ3v) is 8.74. The molecule has 2 heterocycles. The number of pyridine rings is 2. The van der Waals surface area contributed by atoms with Crippen molar-refractivity contribution in [3.8, 4) is 23.0 Å². The van der Waals surface area contributed by atoms with E-state index in [-0.39, 0.29) is 28.9 Å². The van der Waals surface area contributed by atoms with Crippen molar-refractivity contribution in [3.05, 3.63) is 154 Å². The molecule has 2 aromatic heterocycles. The Hall–Kier alpha value is -7.95. The Morgan fingerprint density at radius 1 is 0.642 bits per heavy atom. The Kier molecular flexibility index (Phi) is 18.8. The second kappa shape index (κ2) is 24.4. The number of nitrogens with one attached hydrogen (secondary N) is 6. The number of nitrogen functional groups attached to an aromatic ring is 1. The first-order chi connectivity index (χ1) is 31.8. The van der Waals surface area contributed by atoms with Crippen LogP contribution >= 0.6 is 23.2 Å². The SMILES string of the molecule is CNC(=O)c1cc(Oc2cccc(NN)c2)ccn1.CNC(=O)c1cc(Oc2cccc(NNC(=O)Nc3ccc(Cl)c(C(F)(F)F)c3)c2)ccn1.O=CC=Nc1ccc(Cl)c(C(F)(F)F)c1. The molecule has 0 aliphatic carbocycles. The number of aliphatic imine (C=N–C) groups is 1. The maximum absolute atomic E-state index is 12.9. The Morgan fingerprint density at radius 3 is 1.64 bits per heavy atom. The molecule has 4 amide bonds. The topological polar surface area (TPSA) is 223 Å². The average molecular weight is 974 g/mol. The summed E-state index contributed by atoms with van der Waals surface area (Å²) in [4.78, 5) is 56.5. The summed E-state index contributed by atoms with van der Waals surface area (Å²) < 4.78 is 87.2. The summed E-state index contributed by atoms with van der Waals surface area (Å²) in [6, 6.07) is 25.3. The van der Waals surface area contributed by atoms with Crippen LogP contribution < -0.4 is 47.5 Å². The number of alkyl halides is 6. The number of amides is 4. The lowest BCUT2D eigenvalue weighted by Gasteiger charge is -2.13. The van der Waals surface area contributed by atoms with Gasteiger partial charge in [0, 0.05) is 56.4 Å². The molecular weight excluding hydrogens is 937 g/mol. The first kappa shape index (κ1) is 51.7. The fourth-order valence-corrected chi connectivity index (χ4v) is 5.50. The smallest absolute Gasteiger partial charge is 0.417 e. The number of hydrogen-bond donors (Lipinski definition) is 7. The Labute approximate surface area is 386 Å². The maximum Gasteiger partial charge on any atom is 0.417 e. The normalized spacial score (nSPS) is 10.8. The number of ether oxygens (including phenoxy) is 2. The number of aromatic nitrogens is 2. The molecule has 0 saturated heterocycles. The van der Waals surface area contributed by atoms with E-state index in [1.807, 2.05) is 12.1 Å². The largest absolute Gasteiger partial charge is 0.457 e. The Morgan fingerprint density at radius 2 is 1.13 bits per heavy atom. The number of rotatable bonds is 12. The van der Waals surface area contributed by atoms with Gasteiger partial charge in [0.05, 0.1) is 44.4 Å². The molecule has 0 saturated carbocycles. The number of halogens is 8. The zero-order valence-corrected chi connectivity index (χ0v) is 36.1. The van der Waals surface area contributed by atoms with Gasteiger partial charge in [0.2, 0.25) is 0 Å². The highest BCUT2D eigenvalue weighted by atomic mass is 35.5. The van der Waals surface area contributed by atoms with Crippen molar-refractivity contribution in [2.45, 2.75) is 12.4 Å². The number of benzene rings is 4. The van der Waals surface area contributed by atoms with Gasteiger partial charge in [-0.3, -0.25) is 46.0 Å². The second-order valence-electron chi connectivity index (χ2n) is 12.8. The lowest BCUT2D eigenvalue weighted by atomic mass is 10.2. The Bertz CT molecular complexity index is 2710. The third-order valence-electron chi connectivity index (χ3n) is 8.08. The zero-order chi connectivity index (χ0) is 49.1. The molecule has 6 aromatic rings. The summed E-state index contributed by atoms with van der Waals surface area (Å²) in [5.41, 5.74) is 7.01. The minimum Gasteiger partial charge on any atom is -0.457 e. The van der Waals surface area contributed by atoms with Gasteiger partial charge in [0.15, 0.2) is 6.29 Å².